The largest absolute Gasteiger partial charge is 0.462 e. The molecule has 0 saturated heterocycles. The zero-order valence-corrected chi connectivity index (χ0v) is 54.3. The molecule has 0 spiro atoms. The molecule has 0 radical (unpaired) electrons. The van der Waals surface area contributed by atoms with Crippen molar-refractivity contribution in [1.29, 1.82) is 0 Å². The van der Waals surface area contributed by atoms with E-state index < -0.39 is 6.10 Å². The van der Waals surface area contributed by atoms with Crippen LogP contribution in [0.15, 0.2) is 60.8 Å². The lowest BCUT2D eigenvalue weighted by molar-refractivity contribution is -0.167. The molecule has 0 N–H and O–H groups in total. The first-order valence-electron chi connectivity index (χ1n) is 35.8. The first-order chi connectivity index (χ1) is 40.0. The molecule has 1 unspecified atom stereocenters. The van der Waals surface area contributed by atoms with Gasteiger partial charge in [0, 0.05) is 19.3 Å². The number of carbonyl (C=O) groups excluding carboxylic acids is 3. The summed E-state index contributed by atoms with van der Waals surface area (Å²) in [5.41, 5.74) is 0. The Bertz CT molecular complexity index is 1440. The molecule has 472 valence electrons. The highest BCUT2D eigenvalue weighted by Crippen LogP contribution is 2.18. The molecular weight excluding hydrogens is 997 g/mol. The predicted molar refractivity (Wildman–Crippen MR) is 353 cm³/mol. The lowest BCUT2D eigenvalue weighted by Crippen LogP contribution is -2.30. The van der Waals surface area contributed by atoms with Crippen LogP contribution in [-0.4, -0.2) is 37.2 Å². The molecule has 0 aliphatic carbocycles. The Morgan fingerprint density at radius 3 is 0.765 bits per heavy atom. The average Bonchev–Trinajstić information content (AvgIpc) is 3.46. The lowest BCUT2D eigenvalue weighted by Gasteiger charge is -2.18. The van der Waals surface area contributed by atoms with Crippen LogP contribution in [-0.2, 0) is 28.6 Å². The zero-order valence-electron chi connectivity index (χ0n) is 54.3. The van der Waals surface area contributed by atoms with Gasteiger partial charge >= 0.3 is 17.9 Å². The molecule has 0 saturated carbocycles. The first kappa shape index (κ1) is 78.1. The Morgan fingerprint density at radius 2 is 0.481 bits per heavy atom. The monoisotopic (exact) mass is 1130 g/mol. The van der Waals surface area contributed by atoms with Crippen molar-refractivity contribution in [2.75, 3.05) is 13.2 Å². The van der Waals surface area contributed by atoms with E-state index in [2.05, 4.69) is 81.5 Å². The molecule has 0 aromatic carbocycles. The summed E-state index contributed by atoms with van der Waals surface area (Å²) in [6.07, 6.45) is 90.0. The van der Waals surface area contributed by atoms with E-state index in [1.54, 1.807) is 0 Å². The number of carbonyl (C=O) groups is 3. The van der Waals surface area contributed by atoms with Crippen LogP contribution in [0.1, 0.15) is 380 Å². The highest BCUT2D eigenvalue weighted by molar-refractivity contribution is 5.71. The highest BCUT2D eigenvalue weighted by Gasteiger charge is 2.19. The van der Waals surface area contributed by atoms with Gasteiger partial charge in [-0.3, -0.25) is 14.4 Å². The second-order valence-corrected chi connectivity index (χ2v) is 24.1. The summed E-state index contributed by atoms with van der Waals surface area (Å²) in [4.78, 5) is 38.2. The van der Waals surface area contributed by atoms with Gasteiger partial charge in [-0.2, -0.15) is 0 Å². The van der Waals surface area contributed by atoms with Crippen LogP contribution in [0.4, 0.5) is 0 Å². The van der Waals surface area contributed by atoms with Crippen LogP contribution in [0.5, 0.6) is 0 Å². The Hall–Kier alpha value is -2.89. The summed E-state index contributed by atoms with van der Waals surface area (Å²) in [5.74, 6) is -0.851. The smallest absolute Gasteiger partial charge is 0.306 e. The number of esters is 3. The number of rotatable bonds is 66. The van der Waals surface area contributed by atoms with Crippen LogP contribution in [0, 0.1) is 0 Å². The van der Waals surface area contributed by atoms with Gasteiger partial charge in [0.1, 0.15) is 13.2 Å². The van der Waals surface area contributed by atoms with Crippen molar-refractivity contribution in [1.82, 2.24) is 0 Å². The third-order valence-corrected chi connectivity index (χ3v) is 16.0. The molecule has 0 aromatic heterocycles. The minimum Gasteiger partial charge on any atom is -0.462 e. The quantitative estimate of drug-likeness (QED) is 0.0261. The van der Waals surface area contributed by atoms with E-state index >= 15 is 0 Å². The molecule has 1 atom stereocenters. The van der Waals surface area contributed by atoms with E-state index in [0.29, 0.717) is 19.3 Å². The fourth-order valence-electron chi connectivity index (χ4n) is 10.7. The van der Waals surface area contributed by atoms with Gasteiger partial charge in [0.05, 0.1) is 0 Å². The van der Waals surface area contributed by atoms with E-state index in [9.17, 15) is 14.4 Å². The zero-order chi connectivity index (χ0) is 58.5. The Balaban J connectivity index is 4.01. The normalized spacial score (nSPS) is 12.4. The summed E-state index contributed by atoms with van der Waals surface area (Å²) in [7, 11) is 0. The van der Waals surface area contributed by atoms with Gasteiger partial charge in [-0.25, -0.2) is 0 Å². The second-order valence-electron chi connectivity index (χ2n) is 24.1. The maximum absolute atomic E-state index is 12.9. The Kier molecular flexibility index (Phi) is 67.1. The summed E-state index contributed by atoms with van der Waals surface area (Å²) < 4.78 is 16.9. The molecule has 81 heavy (non-hydrogen) atoms. The maximum atomic E-state index is 12.9. The summed E-state index contributed by atoms with van der Waals surface area (Å²) >= 11 is 0. The van der Waals surface area contributed by atoms with Crippen molar-refractivity contribution in [3.05, 3.63) is 60.8 Å². The van der Waals surface area contributed by atoms with Gasteiger partial charge in [0.15, 0.2) is 6.10 Å². The molecule has 6 heteroatoms. The molecule has 0 amide bonds. The highest BCUT2D eigenvalue weighted by atomic mass is 16.6. The second kappa shape index (κ2) is 69.6. The molecule has 6 nitrogen and oxygen atoms in total. The van der Waals surface area contributed by atoms with E-state index in [1.807, 2.05) is 0 Å². The average molecular weight is 1130 g/mol. The number of ether oxygens (including phenoxy) is 3. The van der Waals surface area contributed by atoms with Crippen molar-refractivity contribution < 1.29 is 28.6 Å². The SMILES string of the molecule is CC/C=C\C/C=C\C/C=C\C/C=C\CCCCCCCCCCCCCCCCCCCCC(=O)OCC(COC(=O)CCCCCCCCC)OC(=O)CCCCCCCCCCCCCCC/C=C\CCCCCCCCCC. The van der Waals surface area contributed by atoms with Crippen molar-refractivity contribution in [3.8, 4) is 0 Å². The van der Waals surface area contributed by atoms with Gasteiger partial charge in [-0.15, -0.1) is 0 Å². The summed E-state index contributed by atoms with van der Waals surface area (Å²) in [6, 6.07) is 0. The van der Waals surface area contributed by atoms with Crippen molar-refractivity contribution in [2.45, 2.75) is 386 Å². The predicted octanol–water partition coefficient (Wildman–Crippen LogP) is 24.7. The van der Waals surface area contributed by atoms with Gasteiger partial charge < -0.3 is 14.2 Å². The van der Waals surface area contributed by atoms with Crippen LogP contribution < -0.4 is 0 Å². The minimum atomic E-state index is -0.769. The molecule has 0 rings (SSSR count). The van der Waals surface area contributed by atoms with Gasteiger partial charge in [0.2, 0.25) is 0 Å². The third-order valence-electron chi connectivity index (χ3n) is 16.0. The summed E-state index contributed by atoms with van der Waals surface area (Å²) in [6.45, 7) is 6.54. The van der Waals surface area contributed by atoms with Crippen LogP contribution in [0.2, 0.25) is 0 Å². The standard InChI is InChI=1S/C75H136O6/c1-4-7-10-13-16-18-20-22-24-26-28-30-32-34-35-36-37-38-39-41-42-44-46-48-50-52-54-56-59-62-65-68-74(77)80-71-72(70-79-73(76)67-64-61-58-15-12-9-6-3)81-75(78)69-66-63-60-57-55-53-51-49-47-45-43-40-33-31-29-27-25-23-21-19-17-14-11-8-5-2/h7,10,16,18,22,24,27-30,72H,4-6,8-9,11-15,17,19-21,23,25-26,31-71H2,1-3H3/b10-7-,18-16-,24-22-,29-27-,30-28-. The van der Waals surface area contributed by atoms with Gasteiger partial charge in [-0.1, -0.05) is 338 Å². The number of unbranched alkanes of at least 4 members (excludes halogenated alkanes) is 45. The molecular formula is C75H136O6. The summed E-state index contributed by atoms with van der Waals surface area (Å²) in [5, 5.41) is 0. The molecule has 0 heterocycles. The van der Waals surface area contributed by atoms with E-state index in [1.165, 1.54) is 257 Å². The first-order valence-corrected chi connectivity index (χ1v) is 35.8. The fourth-order valence-corrected chi connectivity index (χ4v) is 10.7. The Labute approximate surface area is 504 Å². The topological polar surface area (TPSA) is 78.9 Å². The molecule has 0 aliphatic rings. The molecule has 0 aromatic rings. The minimum absolute atomic E-state index is 0.0685. The van der Waals surface area contributed by atoms with Crippen LogP contribution in [0.3, 0.4) is 0 Å². The van der Waals surface area contributed by atoms with E-state index in [0.717, 1.165) is 83.5 Å². The van der Waals surface area contributed by atoms with Gasteiger partial charge in [0.25, 0.3) is 0 Å². The number of hydrogen-bond donors (Lipinski definition) is 0. The molecule has 0 bridgehead atoms. The molecule has 0 aliphatic heterocycles. The number of hydrogen-bond acceptors (Lipinski definition) is 6. The number of allylic oxidation sites excluding steroid dienone is 10. The van der Waals surface area contributed by atoms with Crippen molar-refractivity contribution >= 4 is 17.9 Å². The fraction of sp³-hybridized carbons (Fsp3) is 0.827. The maximum Gasteiger partial charge on any atom is 0.306 e. The van der Waals surface area contributed by atoms with Crippen LogP contribution >= 0.6 is 0 Å². The van der Waals surface area contributed by atoms with E-state index in [4.69, 9.17) is 14.2 Å². The van der Waals surface area contributed by atoms with E-state index in [-0.39, 0.29) is 31.1 Å². The van der Waals surface area contributed by atoms with Gasteiger partial charge in [-0.05, 0) is 83.5 Å². The van der Waals surface area contributed by atoms with Crippen molar-refractivity contribution in [2.24, 2.45) is 0 Å². The lowest BCUT2D eigenvalue weighted by atomic mass is 10.0. The Morgan fingerprint density at radius 1 is 0.259 bits per heavy atom. The van der Waals surface area contributed by atoms with Crippen molar-refractivity contribution in [3.63, 3.8) is 0 Å². The third kappa shape index (κ3) is 67.8. The van der Waals surface area contributed by atoms with Crippen LogP contribution in [0.25, 0.3) is 0 Å². The molecule has 0 fully saturated rings.